The summed E-state index contributed by atoms with van der Waals surface area (Å²) in [5.74, 6) is 0. The van der Waals surface area contributed by atoms with Crippen LogP contribution in [-0.4, -0.2) is 35.9 Å². The number of hydrogen-bond acceptors (Lipinski definition) is 5. The monoisotopic (exact) mass is 216 g/mol. The van der Waals surface area contributed by atoms with Crippen molar-refractivity contribution in [1.29, 1.82) is 0 Å². The van der Waals surface area contributed by atoms with Gasteiger partial charge in [0.15, 0.2) is 0 Å². The molecule has 1 aromatic rings. The molecule has 0 aliphatic heterocycles. The first kappa shape index (κ1) is 10.9. The third-order valence-electron chi connectivity index (χ3n) is 1.41. The van der Waals surface area contributed by atoms with Crippen LogP contribution in [0.25, 0.3) is 0 Å². The molecule has 0 spiro atoms. The second kappa shape index (κ2) is 6.28. The van der Waals surface area contributed by atoms with Crippen molar-refractivity contribution in [3.05, 3.63) is 6.20 Å². The minimum atomic E-state index is -0.243. The van der Waals surface area contributed by atoms with Gasteiger partial charge in [-0.25, -0.2) is 4.79 Å². The molecule has 7 heteroatoms. The zero-order chi connectivity index (χ0) is 10.2. The van der Waals surface area contributed by atoms with E-state index in [2.05, 4.69) is 20.2 Å². The Balaban J connectivity index is 2.11. The van der Waals surface area contributed by atoms with Gasteiger partial charge < -0.3 is 10.1 Å². The van der Waals surface area contributed by atoms with E-state index in [1.165, 1.54) is 6.20 Å². The SMILES string of the molecule is COCCCNC(=O)Nc1cnns1. The van der Waals surface area contributed by atoms with Crippen LogP contribution >= 0.6 is 11.5 Å². The van der Waals surface area contributed by atoms with Gasteiger partial charge in [0.05, 0.1) is 6.20 Å². The largest absolute Gasteiger partial charge is 0.385 e. The van der Waals surface area contributed by atoms with Crippen LogP contribution in [0.3, 0.4) is 0 Å². The van der Waals surface area contributed by atoms with Crippen LogP contribution in [0.5, 0.6) is 0 Å². The lowest BCUT2D eigenvalue weighted by Gasteiger charge is -2.04. The molecular weight excluding hydrogens is 204 g/mol. The van der Waals surface area contributed by atoms with Crippen LogP contribution in [0, 0.1) is 0 Å². The number of amides is 2. The van der Waals surface area contributed by atoms with Gasteiger partial charge in [0, 0.05) is 31.8 Å². The average Bonchev–Trinajstić information content (AvgIpc) is 2.65. The average molecular weight is 216 g/mol. The van der Waals surface area contributed by atoms with E-state index in [1.54, 1.807) is 7.11 Å². The summed E-state index contributed by atoms with van der Waals surface area (Å²) < 4.78 is 8.45. The van der Waals surface area contributed by atoms with Crippen molar-refractivity contribution in [2.24, 2.45) is 0 Å². The fourth-order valence-corrected chi connectivity index (χ4v) is 1.21. The number of ether oxygens (including phenoxy) is 1. The van der Waals surface area contributed by atoms with Crippen LogP contribution in [0.2, 0.25) is 0 Å². The Hall–Kier alpha value is -1.21. The molecule has 78 valence electrons. The summed E-state index contributed by atoms with van der Waals surface area (Å²) in [6.07, 6.45) is 2.30. The van der Waals surface area contributed by atoms with Gasteiger partial charge in [-0.1, -0.05) is 4.49 Å². The molecule has 0 saturated heterocycles. The number of carbonyl (C=O) groups excluding carboxylic acids is 1. The van der Waals surface area contributed by atoms with Crippen LogP contribution in [-0.2, 0) is 4.74 Å². The van der Waals surface area contributed by atoms with Crippen LogP contribution in [0.1, 0.15) is 6.42 Å². The second-order valence-electron chi connectivity index (χ2n) is 2.51. The van der Waals surface area contributed by atoms with Crippen molar-refractivity contribution in [2.75, 3.05) is 25.6 Å². The fourth-order valence-electron chi connectivity index (χ4n) is 0.797. The molecule has 6 nitrogen and oxygen atoms in total. The maximum atomic E-state index is 11.2. The number of urea groups is 1. The van der Waals surface area contributed by atoms with Gasteiger partial charge >= 0.3 is 6.03 Å². The summed E-state index contributed by atoms with van der Waals surface area (Å²) in [6, 6.07) is -0.243. The highest BCUT2D eigenvalue weighted by atomic mass is 32.1. The maximum Gasteiger partial charge on any atom is 0.319 e. The zero-order valence-corrected chi connectivity index (χ0v) is 8.63. The van der Waals surface area contributed by atoms with E-state index in [1.807, 2.05) is 0 Å². The molecule has 2 amide bonds. The van der Waals surface area contributed by atoms with E-state index >= 15 is 0 Å². The van der Waals surface area contributed by atoms with Gasteiger partial charge in [0.2, 0.25) is 0 Å². The molecule has 1 aromatic heterocycles. The van der Waals surface area contributed by atoms with E-state index in [0.717, 1.165) is 18.0 Å². The van der Waals surface area contributed by atoms with E-state index in [0.29, 0.717) is 18.2 Å². The summed E-state index contributed by atoms with van der Waals surface area (Å²) in [5, 5.41) is 9.50. The van der Waals surface area contributed by atoms with E-state index in [9.17, 15) is 4.79 Å². The molecule has 0 atom stereocenters. The summed E-state index contributed by atoms with van der Waals surface area (Å²) in [5.41, 5.74) is 0. The van der Waals surface area contributed by atoms with E-state index < -0.39 is 0 Å². The minimum absolute atomic E-state index is 0.243. The molecule has 14 heavy (non-hydrogen) atoms. The molecule has 0 unspecified atom stereocenters. The number of methoxy groups -OCH3 is 1. The molecule has 2 N–H and O–H groups in total. The first-order valence-electron chi connectivity index (χ1n) is 4.14. The smallest absolute Gasteiger partial charge is 0.319 e. The van der Waals surface area contributed by atoms with Crippen LogP contribution in [0.4, 0.5) is 9.80 Å². The summed E-state index contributed by atoms with van der Waals surface area (Å²) >= 11 is 1.14. The first-order chi connectivity index (χ1) is 6.83. The lowest BCUT2D eigenvalue weighted by molar-refractivity contribution is 0.194. The maximum absolute atomic E-state index is 11.2. The van der Waals surface area contributed by atoms with Gasteiger partial charge in [0.25, 0.3) is 0 Å². The lowest BCUT2D eigenvalue weighted by Crippen LogP contribution is -2.29. The van der Waals surface area contributed by atoms with Crippen molar-refractivity contribution in [2.45, 2.75) is 6.42 Å². The minimum Gasteiger partial charge on any atom is -0.385 e. The Kier molecular flexibility index (Phi) is 4.87. The van der Waals surface area contributed by atoms with Crippen molar-refractivity contribution in [3.63, 3.8) is 0 Å². The lowest BCUT2D eigenvalue weighted by atomic mass is 10.4. The third kappa shape index (κ3) is 4.15. The third-order valence-corrected chi connectivity index (χ3v) is 1.99. The molecule has 1 rings (SSSR count). The highest BCUT2D eigenvalue weighted by Gasteiger charge is 2.01. The van der Waals surface area contributed by atoms with Crippen molar-refractivity contribution in [1.82, 2.24) is 14.9 Å². The topological polar surface area (TPSA) is 76.1 Å². The number of nitrogens with zero attached hydrogens (tertiary/aromatic N) is 2. The normalized spacial score (nSPS) is 9.79. The Morgan fingerprint density at radius 3 is 3.21 bits per heavy atom. The van der Waals surface area contributed by atoms with E-state index in [-0.39, 0.29) is 6.03 Å². The van der Waals surface area contributed by atoms with Gasteiger partial charge in [-0.2, -0.15) is 0 Å². The molecule has 0 saturated carbocycles. The highest BCUT2D eigenvalue weighted by Crippen LogP contribution is 2.07. The van der Waals surface area contributed by atoms with Gasteiger partial charge in [0.1, 0.15) is 5.00 Å². The Morgan fingerprint density at radius 2 is 2.57 bits per heavy atom. The van der Waals surface area contributed by atoms with Gasteiger partial charge in [-0.3, -0.25) is 5.32 Å². The zero-order valence-electron chi connectivity index (χ0n) is 7.82. The predicted molar refractivity (Wildman–Crippen MR) is 53.4 cm³/mol. The molecule has 0 bridgehead atoms. The summed E-state index contributed by atoms with van der Waals surface area (Å²) in [6.45, 7) is 1.23. The number of hydrogen-bond donors (Lipinski definition) is 2. The van der Waals surface area contributed by atoms with Gasteiger partial charge in [-0.05, 0) is 6.42 Å². The number of aromatic nitrogens is 2. The van der Waals surface area contributed by atoms with Crippen molar-refractivity contribution < 1.29 is 9.53 Å². The van der Waals surface area contributed by atoms with Crippen molar-refractivity contribution in [3.8, 4) is 0 Å². The van der Waals surface area contributed by atoms with Gasteiger partial charge in [-0.15, -0.1) is 5.10 Å². The summed E-state index contributed by atoms with van der Waals surface area (Å²) in [4.78, 5) is 11.2. The molecule has 1 heterocycles. The molecule has 0 aliphatic carbocycles. The molecule has 0 fully saturated rings. The number of carbonyl (C=O) groups is 1. The Morgan fingerprint density at radius 1 is 1.71 bits per heavy atom. The number of nitrogens with one attached hydrogen (secondary N) is 2. The first-order valence-corrected chi connectivity index (χ1v) is 4.91. The molecule has 0 aromatic carbocycles. The number of rotatable bonds is 5. The second-order valence-corrected chi connectivity index (χ2v) is 3.29. The predicted octanol–water partition coefficient (Wildman–Crippen LogP) is 0.696. The van der Waals surface area contributed by atoms with E-state index in [4.69, 9.17) is 4.74 Å². The molecular formula is C7H12N4O2S. The highest BCUT2D eigenvalue weighted by molar-refractivity contribution is 7.10. The standard InChI is InChI=1S/C7H12N4O2S/c1-13-4-2-3-8-7(12)10-6-5-9-11-14-6/h5H,2-4H2,1H3,(H2,8,10,12). The van der Waals surface area contributed by atoms with Crippen LogP contribution in [0.15, 0.2) is 6.20 Å². The summed E-state index contributed by atoms with van der Waals surface area (Å²) in [7, 11) is 1.63. The molecule has 0 radical (unpaired) electrons. The Labute approximate surface area is 85.8 Å². The fraction of sp³-hybridized carbons (Fsp3) is 0.571. The van der Waals surface area contributed by atoms with Crippen molar-refractivity contribution >= 4 is 22.6 Å². The Bertz CT molecular complexity index is 265. The van der Waals surface area contributed by atoms with Crippen LogP contribution < -0.4 is 10.6 Å². The quantitative estimate of drug-likeness (QED) is 0.710. The number of anilines is 1. The molecule has 0 aliphatic rings.